The van der Waals surface area contributed by atoms with E-state index in [4.69, 9.17) is 9.47 Å². The number of nitrogens with one attached hydrogen (secondary N) is 4. The summed E-state index contributed by atoms with van der Waals surface area (Å²) >= 11 is 0. The average Bonchev–Trinajstić information content (AvgIpc) is 2.96. The van der Waals surface area contributed by atoms with Gasteiger partial charge in [0.15, 0.2) is 0 Å². The number of hydrogen-bond donors (Lipinski definition) is 5. The van der Waals surface area contributed by atoms with Crippen LogP contribution in [0.3, 0.4) is 0 Å². The largest absolute Gasteiger partial charge is 0.394 e. The summed E-state index contributed by atoms with van der Waals surface area (Å²) in [6.07, 6.45) is 0. The highest BCUT2D eigenvalue weighted by molar-refractivity contribution is 5.94. The zero-order valence-electron chi connectivity index (χ0n) is 22.6. The Morgan fingerprint density at radius 2 is 1.38 bits per heavy atom. The smallest absolute Gasteiger partial charge is 0.251 e. The van der Waals surface area contributed by atoms with Gasteiger partial charge in [0, 0.05) is 25.2 Å². The van der Waals surface area contributed by atoms with Crippen LogP contribution in [0.2, 0.25) is 0 Å². The van der Waals surface area contributed by atoms with Gasteiger partial charge in [0.25, 0.3) is 5.91 Å². The van der Waals surface area contributed by atoms with E-state index in [9.17, 15) is 9.90 Å². The molecule has 0 radical (unpaired) electrons. The summed E-state index contributed by atoms with van der Waals surface area (Å²) in [5.41, 5.74) is 1.73. The average molecular weight is 538 g/mol. The molecule has 0 aliphatic rings. The SMILES string of the molecule is CC(C)[C@@H](CO)Nc1nc(NCCOCCOCCNC(=O)c2ccccc2)nc(NCc2ccccc2)n1. The van der Waals surface area contributed by atoms with Crippen LogP contribution in [0.25, 0.3) is 0 Å². The van der Waals surface area contributed by atoms with E-state index >= 15 is 0 Å². The maximum absolute atomic E-state index is 12.0. The summed E-state index contributed by atoms with van der Waals surface area (Å²) in [7, 11) is 0. The minimum absolute atomic E-state index is 0.0335. The van der Waals surface area contributed by atoms with Crippen LogP contribution in [0, 0.1) is 5.92 Å². The molecule has 0 aliphatic heterocycles. The highest BCUT2D eigenvalue weighted by Crippen LogP contribution is 2.14. The topological polar surface area (TPSA) is 143 Å². The van der Waals surface area contributed by atoms with Crippen molar-refractivity contribution >= 4 is 23.8 Å². The molecule has 3 aromatic rings. The van der Waals surface area contributed by atoms with Crippen molar-refractivity contribution in [3.63, 3.8) is 0 Å². The van der Waals surface area contributed by atoms with E-state index in [-0.39, 0.29) is 24.5 Å². The highest BCUT2D eigenvalue weighted by Gasteiger charge is 2.15. The van der Waals surface area contributed by atoms with Gasteiger partial charge < -0.3 is 35.8 Å². The Morgan fingerprint density at radius 3 is 2.03 bits per heavy atom. The predicted octanol–water partition coefficient (Wildman–Crippen LogP) is 2.79. The third kappa shape index (κ3) is 11.2. The minimum Gasteiger partial charge on any atom is -0.394 e. The fraction of sp³-hybridized carbons (Fsp3) is 0.429. The molecule has 0 saturated carbocycles. The lowest BCUT2D eigenvalue weighted by molar-refractivity contribution is 0.0519. The maximum atomic E-state index is 12.0. The van der Waals surface area contributed by atoms with Crippen molar-refractivity contribution in [2.75, 3.05) is 62.1 Å². The van der Waals surface area contributed by atoms with Crippen LogP contribution in [-0.4, -0.2) is 78.1 Å². The number of ether oxygens (including phenoxy) is 2. The maximum Gasteiger partial charge on any atom is 0.251 e. The standard InChI is InChI=1S/C28H39N7O4/c1-21(2)24(20-36)32-28-34-26(33-27(35-28)31-19-22-9-5-3-6-10-22)30-14-16-39-18-17-38-15-13-29-25(37)23-11-7-4-8-12-23/h3-12,21,24,36H,13-20H2,1-2H3,(H,29,37)(H3,30,31,32,33,34,35)/t24-/m1/s1. The van der Waals surface area contributed by atoms with Crippen molar-refractivity contribution in [1.29, 1.82) is 0 Å². The summed E-state index contributed by atoms with van der Waals surface area (Å²) in [5.74, 6) is 1.28. The van der Waals surface area contributed by atoms with E-state index in [1.165, 1.54) is 0 Å². The number of aliphatic hydroxyl groups excluding tert-OH is 1. The Kier molecular flexibility index (Phi) is 12.9. The second-order valence-corrected chi connectivity index (χ2v) is 9.10. The number of aliphatic hydroxyl groups is 1. The summed E-state index contributed by atoms with van der Waals surface area (Å²) in [4.78, 5) is 25.4. The monoisotopic (exact) mass is 537 g/mol. The minimum atomic E-state index is -0.183. The van der Waals surface area contributed by atoms with Crippen LogP contribution < -0.4 is 21.3 Å². The Bertz CT molecular complexity index is 1100. The molecule has 5 N–H and O–H groups in total. The molecule has 3 rings (SSSR count). The first-order valence-electron chi connectivity index (χ1n) is 13.2. The van der Waals surface area contributed by atoms with Gasteiger partial charge >= 0.3 is 0 Å². The van der Waals surface area contributed by atoms with Gasteiger partial charge in [-0.25, -0.2) is 0 Å². The van der Waals surface area contributed by atoms with Crippen LogP contribution in [-0.2, 0) is 16.0 Å². The van der Waals surface area contributed by atoms with Crippen molar-refractivity contribution in [2.24, 2.45) is 5.92 Å². The number of carbonyl (C=O) groups is 1. The fourth-order valence-electron chi connectivity index (χ4n) is 3.45. The van der Waals surface area contributed by atoms with Gasteiger partial charge in [0.2, 0.25) is 17.8 Å². The van der Waals surface area contributed by atoms with Crippen LogP contribution >= 0.6 is 0 Å². The molecule has 0 unspecified atom stereocenters. The molecule has 39 heavy (non-hydrogen) atoms. The molecule has 1 amide bonds. The zero-order chi connectivity index (χ0) is 27.7. The Hall–Kier alpha value is -3.80. The van der Waals surface area contributed by atoms with E-state index in [0.29, 0.717) is 69.5 Å². The van der Waals surface area contributed by atoms with Gasteiger partial charge in [0.05, 0.1) is 39.1 Å². The van der Waals surface area contributed by atoms with Crippen LogP contribution in [0.15, 0.2) is 60.7 Å². The Labute approximate surface area is 229 Å². The molecule has 210 valence electrons. The van der Waals surface area contributed by atoms with Crippen molar-refractivity contribution in [1.82, 2.24) is 20.3 Å². The van der Waals surface area contributed by atoms with Gasteiger partial charge in [-0.15, -0.1) is 0 Å². The predicted molar refractivity (Wildman–Crippen MR) is 152 cm³/mol. The fourth-order valence-corrected chi connectivity index (χ4v) is 3.45. The summed E-state index contributed by atoms with van der Waals surface area (Å²) < 4.78 is 11.1. The van der Waals surface area contributed by atoms with E-state index < -0.39 is 0 Å². The third-order valence-electron chi connectivity index (χ3n) is 5.71. The molecule has 11 heteroatoms. The second-order valence-electron chi connectivity index (χ2n) is 9.10. The molecular formula is C28H39N7O4. The molecule has 2 aromatic carbocycles. The first-order valence-corrected chi connectivity index (χ1v) is 13.2. The number of anilines is 3. The number of amides is 1. The molecule has 0 fully saturated rings. The molecule has 1 atom stereocenters. The highest BCUT2D eigenvalue weighted by atomic mass is 16.5. The second kappa shape index (κ2) is 16.9. The van der Waals surface area contributed by atoms with Gasteiger partial charge in [-0.1, -0.05) is 62.4 Å². The lowest BCUT2D eigenvalue weighted by Gasteiger charge is -2.20. The molecule has 0 bridgehead atoms. The molecule has 0 spiro atoms. The quantitative estimate of drug-likeness (QED) is 0.154. The van der Waals surface area contributed by atoms with Gasteiger partial charge in [-0.2, -0.15) is 15.0 Å². The third-order valence-corrected chi connectivity index (χ3v) is 5.71. The number of nitrogens with zero attached hydrogens (tertiary/aromatic N) is 3. The van der Waals surface area contributed by atoms with Crippen LogP contribution in [0.4, 0.5) is 17.8 Å². The first-order chi connectivity index (χ1) is 19.0. The van der Waals surface area contributed by atoms with Gasteiger partial charge in [0.1, 0.15) is 0 Å². The Morgan fingerprint density at radius 1 is 0.795 bits per heavy atom. The first kappa shape index (κ1) is 29.8. The molecule has 1 aromatic heterocycles. The number of benzene rings is 2. The summed E-state index contributed by atoms with van der Waals surface area (Å²) in [6.45, 7) is 7.17. The van der Waals surface area contributed by atoms with Crippen molar-refractivity contribution < 1.29 is 19.4 Å². The molecule has 0 saturated heterocycles. The van der Waals surface area contributed by atoms with Crippen LogP contribution in [0.1, 0.15) is 29.8 Å². The lowest BCUT2D eigenvalue weighted by Crippen LogP contribution is -2.30. The molecular weight excluding hydrogens is 498 g/mol. The summed E-state index contributed by atoms with van der Waals surface area (Å²) in [5, 5.41) is 22.1. The lowest BCUT2D eigenvalue weighted by atomic mass is 10.1. The number of rotatable bonds is 18. The van der Waals surface area contributed by atoms with E-state index in [1.807, 2.05) is 62.4 Å². The number of aromatic nitrogens is 3. The molecule has 1 heterocycles. The zero-order valence-corrected chi connectivity index (χ0v) is 22.6. The molecule has 0 aliphatic carbocycles. The van der Waals surface area contributed by atoms with Gasteiger partial charge in [-0.05, 0) is 23.6 Å². The molecule has 11 nitrogen and oxygen atoms in total. The summed E-state index contributed by atoms with van der Waals surface area (Å²) in [6, 6.07) is 18.9. The number of hydrogen-bond acceptors (Lipinski definition) is 10. The Balaban J connectivity index is 1.38. The number of carbonyl (C=O) groups excluding carboxylic acids is 1. The van der Waals surface area contributed by atoms with Crippen molar-refractivity contribution in [2.45, 2.75) is 26.4 Å². The van der Waals surface area contributed by atoms with Crippen LogP contribution in [0.5, 0.6) is 0 Å². The van der Waals surface area contributed by atoms with Gasteiger partial charge in [-0.3, -0.25) is 4.79 Å². The van der Waals surface area contributed by atoms with E-state index in [2.05, 4.69) is 36.2 Å². The van der Waals surface area contributed by atoms with E-state index in [1.54, 1.807) is 12.1 Å². The van der Waals surface area contributed by atoms with Crippen molar-refractivity contribution in [3.8, 4) is 0 Å². The van der Waals surface area contributed by atoms with E-state index in [0.717, 1.165) is 5.56 Å². The normalized spacial score (nSPS) is 11.7. The van der Waals surface area contributed by atoms with Crippen molar-refractivity contribution in [3.05, 3.63) is 71.8 Å².